The van der Waals surface area contributed by atoms with Crippen molar-refractivity contribution in [1.29, 1.82) is 0 Å². The molecule has 4 rings (SSSR count). The van der Waals surface area contributed by atoms with E-state index in [4.69, 9.17) is 0 Å². The molecule has 0 spiro atoms. The Morgan fingerprint density at radius 3 is 2.70 bits per heavy atom. The molecule has 116 valence electrons. The molecule has 0 saturated carbocycles. The van der Waals surface area contributed by atoms with Gasteiger partial charge in [-0.05, 0) is 18.2 Å². The van der Waals surface area contributed by atoms with Crippen LogP contribution in [0.25, 0.3) is 10.9 Å². The summed E-state index contributed by atoms with van der Waals surface area (Å²) in [5.74, 6) is 0.499. The highest BCUT2D eigenvalue weighted by atomic mass is 16.1. The first kappa shape index (κ1) is 13.7. The minimum atomic E-state index is -0.135. The largest absolute Gasteiger partial charge is 0.368 e. The first-order valence-electron chi connectivity index (χ1n) is 7.54. The molecule has 7 heteroatoms. The molecule has 3 aromatic rings. The lowest BCUT2D eigenvalue weighted by Crippen LogP contribution is -2.48. The van der Waals surface area contributed by atoms with Crippen LogP contribution in [-0.2, 0) is 0 Å². The second-order valence-corrected chi connectivity index (χ2v) is 5.48. The number of benzene rings is 1. The van der Waals surface area contributed by atoms with Crippen molar-refractivity contribution in [3.8, 4) is 0 Å². The molecule has 0 bridgehead atoms. The van der Waals surface area contributed by atoms with Gasteiger partial charge in [-0.25, -0.2) is 15.0 Å². The molecule has 1 N–H and O–H groups in total. The van der Waals surface area contributed by atoms with E-state index in [1.54, 1.807) is 18.7 Å². The van der Waals surface area contributed by atoms with E-state index in [0.717, 1.165) is 42.8 Å². The molecule has 0 aliphatic carbocycles. The van der Waals surface area contributed by atoms with E-state index in [1.165, 1.54) is 0 Å². The molecule has 1 aliphatic heterocycles. The number of fused-ring (bicyclic) bond motifs is 1. The second kappa shape index (κ2) is 5.68. The normalized spacial score (nSPS) is 15.1. The molecule has 1 aromatic carbocycles. The van der Waals surface area contributed by atoms with Gasteiger partial charge in [0.1, 0.15) is 6.33 Å². The van der Waals surface area contributed by atoms with Gasteiger partial charge in [0.25, 0.3) is 5.56 Å². The average Bonchev–Trinajstić information content (AvgIpc) is 2.62. The number of anilines is 2. The summed E-state index contributed by atoms with van der Waals surface area (Å²) in [4.78, 5) is 31.3. The van der Waals surface area contributed by atoms with Crippen molar-refractivity contribution in [2.45, 2.75) is 0 Å². The van der Waals surface area contributed by atoms with Gasteiger partial charge in [0.05, 0.1) is 5.52 Å². The average molecular weight is 308 g/mol. The number of nitrogens with one attached hydrogen (secondary N) is 1. The van der Waals surface area contributed by atoms with Crippen molar-refractivity contribution in [3.63, 3.8) is 0 Å². The fourth-order valence-corrected chi connectivity index (χ4v) is 2.91. The van der Waals surface area contributed by atoms with Crippen LogP contribution in [-0.4, -0.2) is 46.1 Å². The smallest absolute Gasteiger partial charge is 0.290 e. The van der Waals surface area contributed by atoms with Crippen LogP contribution in [0.15, 0.2) is 47.9 Å². The van der Waals surface area contributed by atoms with Gasteiger partial charge < -0.3 is 14.8 Å². The van der Waals surface area contributed by atoms with Crippen LogP contribution >= 0.6 is 0 Å². The van der Waals surface area contributed by atoms with Crippen molar-refractivity contribution in [2.75, 3.05) is 36.0 Å². The molecule has 1 fully saturated rings. The molecule has 1 saturated heterocycles. The number of nitrogens with zero attached hydrogens (tertiary/aromatic N) is 5. The predicted octanol–water partition coefficient (Wildman–Crippen LogP) is 1.04. The minimum Gasteiger partial charge on any atom is -0.368 e. The molecule has 2 aromatic heterocycles. The van der Waals surface area contributed by atoms with Gasteiger partial charge in [-0.3, -0.25) is 4.79 Å². The maximum Gasteiger partial charge on any atom is 0.290 e. The highest BCUT2D eigenvalue weighted by molar-refractivity contribution is 5.81. The van der Waals surface area contributed by atoms with Crippen LogP contribution in [0.4, 0.5) is 11.5 Å². The van der Waals surface area contributed by atoms with E-state index in [0.29, 0.717) is 5.82 Å². The number of aromatic nitrogens is 4. The Morgan fingerprint density at radius 2 is 1.87 bits per heavy atom. The molecule has 0 amide bonds. The quantitative estimate of drug-likeness (QED) is 0.762. The second-order valence-electron chi connectivity index (χ2n) is 5.48. The van der Waals surface area contributed by atoms with Gasteiger partial charge in [0, 0.05) is 55.8 Å². The van der Waals surface area contributed by atoms with Gasteiger partial charge in [-0.2, -0.15) is 0 Å². The number of aromatic amines is 1. The predicted molar refractivity (Wildman–Crippen MR) is 88.8 cm³/mol. The Kier molecular flexibility index (Phi) is 3.38. The molecule has 0 unspecified atom stereocenters. The number of H-pyrrole nitrogens is 1. The van der Waals surface area contributed by atoms with Gasteiger partial charge in [0.2, 0.25) is 0 Å². The van der Waals surface area contributed by atoms with Crippen LogP contribution in [0.5, 0.6) is 0 Å². The third-order valence-electron chi connectivity index (χ3n) is 4.12. The van der Waals surface area contributed by atoms with Crippen LogP contribution in [0, 0.1) is 0 Å². The zero-order chi connectivity index (χ0) is 15.6. The topological polar surface area (TPSA) is 78.0 Å². The van der Waals surface area contributed by atoms with Crippen LogP contribution in [0.2, 0.25) is 0 Å². The monoisotopic (exact) mass is 308 g/mol. The van der Waals surface area contributed by atoms with Crippen molar-refractivity contribution < 1.29 is 0 Å². The van der Waals surface area contributed by atoms with E-state index >= 15 is 0 Å². The highest BCUT2D eigenvalue weighted by Crippen LogP contribution is 2.22. The Balaban J connectivity index is 1.52. The Morgan fingerprint density at radius 1 is 1.04 bits per heavy atom. The number of piperazine rings is 1. The van der Waals surface area contributed by atoms with Crippen LogP contribution in [0.1, 0.15) is 0 Å². The molecule has 7 nitrogen and oxygen atoms in total. The summed E-state index contributed by atoms with van der Waals surface area (Å²) in [7, 11) is 0. The van der Waals surface area contributed by atoms with Gasteiger partial charge in [0.15, 0.2) is 5.82 Å². The zero-order valence-electron chi connectivity index (χ0n) is 12.5. The summed E-state index contributed by atoms with van der Waals surface area (Å²) in [5, 5.41) is 1.04. The summed E-state index contributed by atoms with van der Waals surface area (Å²) in [6.45, 7) is 3.22. The maximum atomic E-state index is 11.8. The lowest BCUT2D eigenvalue weighted by atomic mass is 10.2. The Hall–Kier alpha value is -2.96. The fraction of sp³-hybridized carbons (Fsp3) is 0.250. The molecule has 0 radical (unpaired) electrons. The minimum absolute atomic E-state index is 0.135. The van der Waals surface area contributed by atoms with E-state index in [1.807, 2.05) is 17.2 Å². The van der Waals surface area contributed by atoms with Crippen molar-refractivity contribution in [3.05, 3.63) is 53.5 Å². The van der Waals surface area contributed by atoms with Crippen molar-refractivity contribution >= 4 is 22.4 Å². The Labute approximate surface area is 132 Å². The van der Waals surface area contributed by atoms with Gasteiger partial charge in [-0.15, -0.1) is 0 Å². The number of hydrogen-bond donors (Lipinski definition) is 1. The van der Waals surface area contributed by atoms with E-state index in [2.05, 4.69) is 37.0 Å². The van der Waals surface area contributed by atoms with Crippen molar-refractivity contribution in [1.82, 2.24) is 19.9 Å². The summed E-state index contributed by atoms with van der Waals surface area (Å²) in [6, 6.07) is 6.21. The molecule has 0 atom stereocenters. The van der Waals surface area contributed by atoms with E-state index < -0.39 is 0 Å². The van der Waals surface area contributed by atoms with E-state index in [9.17, 15) is 4.79 Å². The highest BCUT2D eigenvalue weighted by Gasteiger charge is 2.20. The SMILES string of the molecule is O=c1[nH]ccnc1N1CCN(c2ccc3ncncc3c2)CC1. The zero-order valence-corrected chi connectivity index (χ0v) is 12.5. The standard InChI is InChI=1S/C16H16N6O/c23-16-15(18-3-4-19-16)22-7-5-21(6-8-22)13-1-2-14-12(9-13)10-17-11-20-14/h1-4,9-11H,5-8H2,(H,19,23). The van der Waals surface area contributed by atoms with Crippen LogP contribution < -0.4 is 15.4 Å². The number of rotatable bonds is 2. The molecular weight excluding hydrogens is 292 g/mol. The Bertz CT molecular complexity index is 885. The lowest BCUT2D eigenvalue weighted by molar-refractivity contribution is 0.644. The third kappa shape index (κ3) is 2.61. The first-order chi connectivity index (χ1) is 11.3. The van der Waals surface area contributed by atoms with Crippen molar-refractivity contribution in [2.24, 2.45) is 0 Å². The van der Waals surface area contributed by atoms with E-state index in [-0.39, 0.29) is 5.56 Å². The maximum absolute atomic E-state index is 11.8. The summed E-state index contributed by atoms with van der Waals surface area (Å²) >= 11 is 0. The molecule has 23 heavy (non-hydrogen) atoms. The first-order valence-corrected chi connectivity index (χ1v) is 7.54. The van der Waals surface area contributed by atoms with Crippen LogP contribution in [0.3, 0.4) is 0 Å². The molecular formula is C16H16N6O. The lowest BCUT2D eigenvalue weighted by Gasteiger charge is -2.36. The summed E-state index contributed by atoms with van der Waals surface area (Å²) < 4.78 is 0. The molecule has 3 heterocycles. The van der Waals surface area contributed by atoms with Gasteiger partial charge >= 0.3 is 0 Å². The summed E-state index contributed by atoms with van der Waals surface area (Å²) in [5.41, 5.74) is 1.97. The number of hydrogen-bond acceptors (Lipinski definition) is 6. The third-order valence-corrected chi connectivity index (χ3v) is 4.12. The summed E-state index contributed by atoms with van der Waals surface area (Å²) in [6.07, 6.45) is 6.56. The molecule has 1 aliphatic rings. The van der Waals surface area contributed by atoms with Gasteiger partial charge in [-0.1, -0.05) is 0 Å². The fourth-order valence-electron chi connectivity index (χ4n) is 2.91.